The first-order valence-electron chi connectivity index (χ1n) is 10.6. The van der Waals surface area contributed by atoms with E-state index >= 15 is 0 Å². The molecule has 0 fully saturated rings. The van der Waals surface area contributed by atoms with Gasteiger partial charge in [0.1, 0.15) is 12.1 Å². The summed E-state index contributed by atoms with van der Waals surface area (Å²) in [5.41, 5.74) is 5.53. The number of carboxylic acids is 1. The van der Waals surface area contributed by atoms with E-state index in [9.17, 15) is 14.7 Å². The van der Waals surface area contributed by atoms with Crippen LogP contribution in [0.5, 0.6) is 0 Å². The summed E-state index contributed by atoms with van der Waals surface area (Å²) in [6.45, 7) is 0.153. The molecule has 0 saturated carbocycles. The lowest BCUT2D eigenvalue weighted by Gasteiger charge is -2.15. The second kappa shape index (κ2) is 8.71. The molecule has 1 aromatic heterocycles. The van der Waals surface area contributed by atoms with E-state index in [0.717, 1.165) is 22.3 Å². The maximum Gasteiger partial charge on any atom is 0.307 e. The third kappa shape index (κ3) is 4.22. The summed E-state index contributed by atoms with van der Waals surface area (Å²) in [7, 11) is 0. The quantitative estimate of drug-likeness (QED) is 0.367. The van der Waals surface area contributed by atoms with Crippen LogP contribution >= 0.6 is 11.6 Å². The molecular weight excluding hydrogens is 442 g/mol. The van der Waals surface area contributed by atoms with Gasteiger partial charge in [-0.3, -0.25) is 9.59 Å². The lowest BCUT2D eigenvalue weighted by Crippen LogP contribution is -2.23. The Hall–Kier alpha value is -3.64. The summed E-state index contributed by atoms with van der Waals surface area (Å²) < 4.78 is 11.2. The molecule has 7 heteroatoms. The highest BCUT2D eigenvalue weighted by atomic mass is 35.5. The molecule has 0 aliphatic heterocycles. The highest BCUT2D eigenvalue weighted by molar-refractivity contribution is 6.31. The van der Waals surface area contributed by atoms with E-state index in [1.807, 2.05) is 36.4 Å². The SMILES string of the molecule is O=C(C[C@@H](Cc1nc2cc(Cl)ccc2o1)C(=O)O)OCC1c2ccccc2-c2ccccc21. The van der Waals surface area contributed by atoms with E-state index in [2.05, 4.69) is 17.1 Å². The van der Waals surface area contributed by atoms with Gasteiger partial charge in [0.05, 0.1) is 12.3 Å². The van der Waals surface area contributed by atoms with Crippen LogP contribution in [0, 0.1) is 5.92 Å². The second-order valence-corrected chi connectivity index (χ2v) is 8.51. The minimum Gasteiger partial charge on any atom is -0.481 e. The molecular formula is C26H20ClNO5. The van der Waals surface area contributed by atoms with Crippen molar-refractivity contribution in [2.24, 2.45) is 5.92 Å². The number of aliphatic carboxylic acids is 1. The molecule has 1 atom stereocenters. The van der Waals surface area contributed by atoms with Gasteiger partial charge < -0.3 is 14.3 Å². The van der Waals surface area contributed by atoms with E-state index in [1.165, 1.54) is 0 Å². The average molecular weight is 462 g/mol. The van der Waals surface area contributed by atoms with Gasteiger partial charge in [-0.2, -0.15) is 0 Å². The van der Waals surface area contributed by atoms with Gasteiger partial charge in [0.25, 0.3) is 0 Å². The van der Waals surface area contributed by atoms with Crippen molar-refractivity contribution in [3.63, 3.8) is 0 Å². The zero-order valence-corrected chi connectivity index (χ0v) is 18.3. The van der Waals surface area contributed by atoms with Gasteiger partial charge in [-0.15, -0.1) is 0 Å². The number of fused-ring (bicyclic) bond motifs is 4. The third-order valence-corrected chi connectivity index (χ3v) is 6.19. The number of esters is 1. The third-order valence-electron chi connectivity index (χ3n) is 5.95. The number of ether oxygens (including phenoxy) is 1. The van der Waals surface area contributed by atoms with Crippen LogP contribution < -0.4 is 0 Å². The molecule has 166 valence electrons. The van der Waals surface area contributed by atoms with Crippen LogP contribution in [0.15, 0.2) is 71.1 Å². The Morgan fingerprint density at radius 3 is 2.36 bits per heavy atom. The molecule has 1 aliphatic carbocycles. The number of hydrogen-bond donors (Lipinski definition) is 1. The summed E-state index contributed by atoms with van der Waals surface area (Å²) in [4.78, 5) is 28.7. The molecule has 0 radical (unpaired) electrons. The topological polar surface area (TPSA) is 89.6 Å². The first kappa shape index (κ1) is 21.2. The number of carbonyl (C=O) groups excluding carboxylic acids is 1. The molecule has 1 N–H and O–H groups in total. The zero-order valence-electron chi connectivity index (χ0n) is 17.5. The molecule has 0 saturated heterocycles. The first-order valence-corrected chi connectivity index (χ1v) is 11.0. The van der Waals surface area contributed by atoms with E-state index < -0.39 is 17.9 Å². The molecule has 0 bridgehead atoms. The average Bonchev–Trinajstić information content (AvgIpc) is 3.35. The van der Waals surface area contributed by atoms with Crippen LogP contribution in [0.4, 0.5) is 0 Å². The Labute approximate surface area is 194 Å². The van der Waals surface area contributed by atoms with E-state index in [1.54, 1.807) is 18.2 Å². The Morgan fingerprint density at radius 1 is 1.03 bits per heavy atom. The normalized spacial score (nSPS) is 13.5. The number of rotatable bonds is 7. The molecule has 3 aromatic carbocycles. The minimum absolute atomic E-state index is 0.0220. The van der Waals surface area contributed by atoms with Crippen LogP contribution in [0.3, 0.4) is 0 Å². The summed E-state index contributed by atoms with van der Waals surface area (Å²) >= 11 is 5.97. The van der Waals surface area contributed by atoms with Gasteiger partial charge in [0.2, 0.25) is 0 Å². The molecule has 6 nitrogen and oxygen atoms in total. The Balaban J connectivity index is 1.27. The lowest BCUT2D eigenvalue weighted by molar-refractivity contribution is -0.151. The number of oxazole rings is 1. The van der Waals surface area contributed by atoms with Crippen molar-refractivity contribution >= 4 is 34.6 Å². The molecule has 0 spiro atoms. The highest BCUT2D eigenvalue weighted by Crippen LogP contribution is 2.44. The summed E-state index contributed by atoms with van der Waals surface area (Å²) in [6.07, 6.45) is -0.295. The second-order valence-electron chi connectivity index (χ2n) is 8.07. The summed E-state index contributed by atoms with van der Waals surface area (Å²) in [5.74, 6) is -2.52. The van der Waals surface area contributed by atoms with Crippen LogP contribution in [0.1, 0.15) is 29.4 Å². The van der Waals surface area contributed by atoms with E-state index in [0.29, 0.717) is 16.1 Å². The summed E-state index contributed by atoms with van der Waals surface area (Å²) in [5, 5.41) is 10.2. The molecule has 4 aromatic rings. The fourth-order valence-corrected chi connectivity index (χ4v) is 4.54. The zero-order chi connectivity index (χ0) is 22.9. The monoisotopic (exact) mass is 461 g/mol. The molecule has 0 amide bonds. The maximum atomic E-state index is 12.6. The first-order chi connectivity index (χ1) is 16.0. The van der Waals surface area contributed by atoms with Crippen LogP contribution in [-0.2, 0) is 20.7 Å². The van der Waals surface area contributed by atoms with Crippen molar-refractivity contribution in [2.45, 2.75) is 18.8 Å². The van der Waals surface area contributed by atoms with Crippen molar-refractivity contribution in [3.05, 3.63) is 88.8 Å². The molecule has 1 heterocycles. The smallest absolute Gasteiger partial charge is 0.307 e. The van der Waals surface area contributed by atoms with E-state index in [-0.39, 0.29) is 31.3 Å². The number of benzene rings is 3. The van der Waals surface area contributed by atoms with Crippen molar-refractivity contribution in [1.29, 1.82) is 0 Å². The van der Waals surface area contributed by atoms with Crippen molar-refractivity contribution in [2.75, 3.05) is 6.61 Å². The van der Waals surface area contributed by atoms with Gasteiger partial charge in [-0.25, -0.2) is 4.98 Å². The number of carbonyl (C=O) groups is 2. The molecule has 0 unspecified atom stereocenters. The Morgan fingerprint density at radius 2 is 1.70 bits per heavy atom. The van der Waals surface area contributed by atoms with E-state index in [4.69, 9.17) is 20.8 Å². The minimum atomic E-state index is -1.11. The Bertz CT molecular complexity index is 1320. The summed E-state index contributed by atoms with van der Waals surface area (Å²) in [6, 6.07) is 21.1. The van der Waals surface area contributed by atoms with Crippen molar-refractivity contribution in [3.8, 4) is 11.1 Å². The van der Waals surface area contributed by atoms with Gasteiger partial charge in [-0.1, -0.05) is 60.1 Å². The van der Waals surface area contributed by atoms with Crippen LogP contribution in [-0.4, -0.2) is 28.6 Å². The predicted octanol–water partition coefficient (Wildman–Crippen LogP) is 5.47. The number of nitrogens with zero attached hydrogens (tertiary/aromatic N) is 1. The van der Waals surface area contributed by atoms with Crippen molar-refractivity contribution < 1.29 is 23.8 Å². The standard InChI is InChI=1S/C26H20ClNO5/c27-16-9-10-23-22(13-16)28-24(33-23)11-15(26(30)31)12-25(29)32-14-21-19-7-3-1-5-17(19)18-6-2-4-8-20(18)21/h1-10,13,15,21H,11-12,14H2,(H,30,31)/t15-/m1/s1. The largest absolute Gasteiger partial charge is 0.481 e. The number of carboxylic acid groups (broad SMARTS) is 1. The molecule has 1 aliphatic rings. The van der Waals surface area contributed by atoms with Gasteiger partial charge in [0.15, 0.2) is 11.5 Å². The van der Waals surface area contributed by atoms with Gasteiger partial charge in [-0.05, 0) is 40.5 Å². The van der Waals surface area contributed by atoms with Crippen LogP contribution in [0.25, 0.3) is 22.2 Å². The number of hydrogen-bond acceptors (Lipinski definition) is 5. The molecule has 33 heavy (non-hydrogen) atoms. The van der Waals surface area contributed by atoms with Gasteiger partial charge in [0, 0.05) is 17.4 Å². The predicted molar refractivity (Wildman–Crippen MR) is 123 cm³/mol. The Kier molecular flexibility index (Phi) is 5.60. The van der Waals surface area contributed by atoms with Crippen LogP contribution in [0.2, 0.25) is 5.02 Å². The fourth-order valence-electron chi connectivity index (χ4n) is 4.37. The highest BCUT2D eigenvalue weighted by Gasteiger charge is 2.30. The number of aromatic nitrogens is 1. The fraction of sp³-hybridized carbons (Fsp3) is 0.192. The van der Waals surface area contributed by atoms with Gasteiger partial charge >= 0.3 is 11.9 Å². The van der Waals surface area contributed by atoms with Crippen molar-refractivity contribution in [1.82, 2.24) is 4.98 Å². The lowest BCUT2D eigenvalue weighted by atomic mass is 9.98. The maximum absolute atomic E-state index is 12.6. The molecule has 5 rings (SSSR count). The number of halogens is 1.